The molecule has 3 rings (SSSR count). The number of carbonyl (C=O) groups excluding carboxylic acids is 1. The lowest BCUT2D eigenvalue weighted by atomic mass is 9.70. The highest BCUT2D eigenvalue weighted by Gasteiger charge is 2.48. The van der Waals surface area contributed by atoms with E-state index < -0.39 is 11.2 Å². The highest BCUT2D eigenvalue weighted by Crippen LogP contribution is 2.40. The van der Waals surface area contributed by atoms with Crippen LogP contribution in [0, 0.1) is 17.3 Å². The van der Waals surface area contributed by atoms with Gasteiger partial charge in [0.05, 0.1) is 30.3 Å². The molecule has 2 aliphatic heterocycles. The van der Waals surface area contributed by atoms with Gasteiger partial charge in [0.2, 0.25) is 0 Å². The van der Waals surface area contributed by atoms with Crippen molar-refractivity contribution in [2.45, 2.75) is 123 Å². The number of hydrogen-bond acceptors (Lipinski definition) is 6. The normalized spacial score (nSPS) is 25.7. The van der Waals surface area contributed by atoms with Crippen molar-refractivity contribution < 1.29 is 28.8 Å². The molecule has 6 nitrogen and oxygen atoms in total. The lowest BCUT2D eigenvalue weighted by Crippen LogP contribution is -2.53. The summed E-state index contributed by atoms with van der Waals surface area (Å²) in [7, 11) is 0. The van der Waals surface area contributed by atoms with Gasteiger partial charge in [-0.3, -0.25) is 4.79 Å². The van der Waals surface area contributed by atoms with E-state index in [0.29, 0.717) is 26.1 Å². The predicted octanol–water partition coefficient (Wildman–Crippen LogP) is 6.08. The summed E-state index contributed by atoms with van der Waals surface area (Å²) >= 11 is 0. The van der Waals surface area contributed by atoms with Crippen molar-refractivity contribution in [3.05, 3.63) is 35.9 Å². The molecule has 0 saturated carbocycles. The average Bonchev–Trinajstić information content (AvgIpc) is 2.86. The number of Topliss-reactive ketones (excluding diaryl/α,β-unsaturated/α-hetero) is 1. The molecule has 2 fully saturated rings. The lowest BCUT2D eigenvalue weighted by molar-refractivity contribution is -0.289. The van der Waals surface area contributed by atoms with E-state index >= 15 is 0 Å². The lowest BCUT2D eigenvalue weighted by Gasteiger charge is -2.45. The van der Waals surface area contributed by atoms with Crippen molar-refractivity contribution in [1.82, 2.24) is 0 Å². The molecule has 0 aliphatic carbocycles. The zero-order valence-corrected chi connectivity index (χ0v) is 23.9. The van der Waals surface area contributed by atoms with Gasteiger partial charge in [0, 0.05) is 12.5 Å². The molecule has 0 amide bonds. The summed E-state index contributed by atoms with van der Waals surface area (Å²) in [5.41, 5.74) is 0.411. The third kappa shape index (κ3) is 8.86. The van der Waals surface area contributed by atoms with Crippen LogP contribution in [0.2, 0.25) is 0 Å². The van der Waals surface area contributed by atoms with Gasteiger partial charge in [-0.1, -0.05) is 57.5 Å². The zero-order valence-electron chi connectivity index (χ0n) is 23.9. The van der Waals surface area contributed by atoms with Crippen LogP contribution in [-0.2, 0) is 30.2 Å². The summed E-state index contributed by atoms with van der Waals surface area (Å²) < 4.78 is 24.8. The first-order chi connectivity index (χ1) is 17.5. The van der Waals surface area contributed by atoms with Gasteiger partial charge in [0.1, 0.15) is 5.78 Å². The molecule has 210 valence electrons. The number of carbonyl (C=O) groups is 1. The van der Waals surface area contributed by atoms with Gasteiger partial charge in [0.15, 0.2) is 12.1 Å². The molecule has 6 heteroatoms. The highest BCUT2D eigenvalue weighted by atomic mass is 16.7. The van der Waals surface area contributed by atoms with Crippen molar-refractivity contribution in [2.75, 3.05) is 13.2 Å². The molecule has 3 unspecified atom stereocenters. The molecule has 6 atom stereocenters. The number of ketones is 1. The van der Waals surface area contributed by atoms with E-state index in [9.17, 15) is 9.90 Å². The van der Waals surface area contributed by atoms with Crippen LogP contribution in [0.25, 0.3) is 0 Å². The van der Waals surface area contributed by atoms with E-state index in [2.05, 4.69) is 19.1 Å². The van der Waals surface area contributed by atoms with Gasteiger partial charge in [-0.2, -0.15) is 0 Å². The molecule has 2 saturated heterocycles. The third-order valence-corrected chi connectivity index (χ3v) is 8.02. The van der Waals surface area contributed by atoms with Crippen molar-refractivity contribution in [3.8, 4) is 0 Å². The summed E-state index contributed by atoms with van der Waals surface area (Å²) in [4.78, 5) is 14.6. The largest absolute Gasteiger partial charge is 0.393 e. The number of ether oxygens (including phenoxy) is 4. The molecule has 1 aromatic carbocycles. The van der Waals surface area contributed by atoms with Crippen LogP contribution in [0.1, 0.15) is 92.1 Å². The molecule has 2 aliphatic rings. The predicted molar refractivity (Wildman–Crippen MR) is 145 cm³/mol. The topological polar surface area (TPSA) is 74.2 Å². The second-order valence-corrected chi connectivity index (χ2v) is 12.2. The molecule has 0 aromatic heterocycles. The standard InChI is InChI=1S/C31H50O6/c1-22(13-12-14-23(2)32)28(36-27-17-10-11-19-34-27)25(21-24-15-8-7-9-16-24)29(33)30(3,4)26-18-20-35-31(5,6)37-26/h7-9,15-16,22-23,25-28,32H,10-14,17-21H2,1-6H3/t22-,23?,25+,26-,27?,28?/m0/s1. The van der Waals surface area contributed by atoms with Gasteiger partial charge in [0.25, 0.3) is 0 Å². The van der Waals surface area contributed by atoms with Crippen LogP contribution in [0.3, 0.4) is 0 Å². The summed E-state index contributed by atoms with van der Waals surface area (Å²) in [6, 6.07) is 10.2. The molecule has 37 heavy (non-hydrogen) atoms. The fraction of sp³-hybridized carbons (Fsp3) is 0.774. The quantitative estimate of drug-likeness (QED) is 0.341. The van der Waals surface area contributed by atoms with Crippen LogP contribution < -0.4 is 0 Å². The highest BCUT2D eigenvalue weighted by molar-refractivity contribution is 5.87. The van der Waals surface area contributed by atoms with Crippen LogP contribution >= 0.6 is 0 Å². The summed E-state index contributed by atoms with van der Waals surface area (Å²) in [6.07, 6.45) is 5.61. The molecule has 0 spiro atoms. The van der Waals surface area contributed by atoms with Crippen molar-refractivity contribution >= 4 is 5.78 Å². The molecule has 2 heterocycles. The van der Waals surface area contributed by atoms with E-state index in [-0.39, 0.29) is 42.2 Å². The van der Waals surface area contributed by atoms with Gasteiger partial charge in [-0.25, -0.2) is 0 Å². The SMILES string of the molecule is CC(O)CCC[C@H](C)C(OC1CCCCO1)[C@@H](Cc1ccccc1)C(=O)C(C)(C)[C@@H]1CCOC(C)(C)O1. The molecule has 1 aromatic rings. The Labute approximate surface area is 224 Å². The number of hydrogen-bond donors (Lipinski definition) is 1. The number of aliphatic hydroxyl groups excluding tert-OH is 1. The fourth-order valence-electron chi connectivity index (χ4n) is 5.74. The maximum atomic E-state index is 14.6. The maximum Gasteiger partial charge on any atom is 0.163 e. The van der Waals surface area contributed by atoms with Gasteiger partial charge >= 0.3 is 0 Å². The monoisotopic (exact) mass is 518 g/mol. The molecular weight excluding hydrogens is 468 g/mol. The Balaban J connectivity index is 1.92. The van der Waals surface area contributed by atoms with E-state index in [4.69, 9.17) is 18.9 Å². The minimum Gasteiger partial charge on any atom is -0.393 e. The number of aliphatic hydroxyl groups is 1. The van der Waals surface area contributed by atoms with Gasteiger partial charge in [-0.05, 0) is 77.2 Å². The Morgan fingerprint density at radius 2 is 1.84 bits per heavy atom. The van der Waals surface area contributed by atoms with Crippen molar-refractivity contribution in [3.63, 3.8) is 0 Å². The van der Waals surface area contributed by atoms with Gasteiger partial charge in [-0.15, -0.1) is 0 Å². The maximum absolute atomic E-state index is 14.6. The van der Waals surface area contributed by atoms with Gasteiger partial charge < -0.3 is 24.1 Å². The summed E-state index contributed by atoms with van der Waals surface area (Å²) in [5.74, 6) is -0.763. The first kappa shape index (κ1) is 30.2. The van der Waals surface area contributed by atoms with Crippen molar-refractivity contribution in [1.29, 1.82) is 0 Å². The minimum absolute atomic E-state index is 0.129. The second-order valence-electron chi connectivity index (χ2n) is 12.2. The Morgan fingerprint density at radius 3 is 2.46 bits per heavy atom. The van der Waals surface area contributed by atoms with E-state index in [1.54, 1.807) is 0 Å². The Morgan fingerprint density at radius 1 is 1.11 bits per heavy atom. The van der Waals surface area contributed by atoms with Crippen LogP contribution in [0.15, 0.2) is 30.3 Å². The Hall–Kier alpha value is -1.31. The summed E-state index contributed by atoms with van der Waals surface area (Å²) in [6.45, 7) is 13.1. The minimum atomic E-state index is -0.713. The average molecular weight is 519 g/mol. The number of benzene rings is 1. The van der Waals surface area contributed by atoms with E-state index in [1.807, 2.05) is 52.8 Å². The van der Waals surface area contributed by atoms with Crippen LogP contribution in [-0.4, -0.2) is 54.5 Å². The van der Waals surface area contributed by atoms with Crippen molar-refractivity contribution in [2.24, 2.45) is 17.3 Å². The van der Waals surface area contributed by atoms with Crippen LogP contribution in [0.5, 0.6) is 0 Å². The molecule has 0 bridgehead atoms. The molecule has 0 radical (unpaired) electrons. The first-order valence-electron chi connectivity index (χ1n) is 14.3. The zero-order chi connectivity index (χ0) is 27.1. The third-order valence-electron chi connectivity index (χ3n) is 8.02. The Bertz CT molecular complexity index is 814. The summed E-state index contributed by atoms with van der Waals surface area (Å²) in [5, 5.41) is 9.82. The number of rotatable bonds is 13. The van der Waals surface area contributed by atoms with E-state index in [0.717, 1.165) is 44.1 Å². The second kappa shape index (κ2) is 13.7. The Kier molecular flexibility index (Phi) is 11.2. The van der Waals surface area contributed by atoms with E-state index in [1.165, 1.54) is 0 Å². The smallest absolute Gasteiger partial charge is 0.163 e. The fourth-order valence-corrected chi connectivity index (χ4v) is 5.74. The first-order valence-corrected chi connectivity index (χ1v) is 14.3. The molecule has 1 N–H and O–H groups in total. The molecular formula is C31H50O6. The van der Waals surface area contributed by atoms with Crippen LogP contribution in [0.4, 0.5) is 0 Å².